The Balaban J connectivity index is 1.77. The highest BCUT2D eigenvalue weighted by Gasteiger charge is 2.34. The van der Waals surface area contributed by atoms with E-state index >= 15 is 0 Å². The van der Waals surface area contributed by atoms with Gasteiger partial charge in [-0.1, -0.05) is 38.0 Å². The number of nitrogens with one attached hydrogen (secondary N) is 1. The average Bonchev–Trinajstić information content (AvgIpc) is 2.99. The molecule has 1 fully saturated rings. The first-order valence-corrected chi connectivity index (χ1v) is 8.24. The van der Waals surface area contributed by atoms with Gasteiger partial charge < -0.3 is 10.2 Å². The number of hydrogen-bond donors (Lipinski definition) is 1. The number of carbonyl (C=O) groups excluding carboxylic acids is 1. The van der Waals surface area contributed by atoms with E-state index in [9.17, 15) is 4.79 Å². The molecule has 1 aromatic rings. The van der Waals surface area contributed by atoms with E-state index in [0.29, 0.717) is 11.8 Å². The number of anilines is 1. The molecule has 3 nitrogen and oxygen atoms in total. The summed E-state index contributed by atoms with van der Waals surface area (Å²) in [5, 5.41) is 3.71. The number of rotatable bonds is 4. The zero-order valence-corrected chi connectivity index (χ0v) is 13.2. The maximum Gasteiger partial charge on any atom is 0.228 e. The van der Waals surface area contributed by atoms with E-state index in [4.69, 9.17) is 0 Å². The third kappa shape index (κ3) is 2.71. The molecule has 1 saturated carbocycles. The SMILES string of the molecule is CCC1(CNC2CC(=O)N(C)c3ccccc32)CCCC1. The Morgan fingerprint density at radius 2 is 2.00 bits per heavy atom. The zero-order valence-electron chi connectivity index (χ0n) is 13.2. The number of para-hydroxylation sites is 1. The van der Waals surface area contributed by atoms with E-state index in [1.807, 2.05) is 19.2 Å². The fourth-order valence-corrected chi connectivity index (χ4v) is 3.95. The molecule has 3 rings (SSSR count). The number of nitrogens with zero attached hydrogens (tertiary/aromatic N) is 1. The molecule has 1 heterocycles. The van der Waals surface area contributed by atoms with Gasteiger partial charge in [-0.05, 0) is 36.3 Å². The molecular weight excluding hydrogens is 260 g/mol. The first-order chi connectivity index (χ1) is 10.2. The Hall–Kier alpha value is -1.35. The molecule has 0 spiro atoms. The van der Waals surface area contributed by atoms with Crippen LogP contribution in [0.2, 0.25) is 0 Å². The second kappa shape index (κ2) is 5.80. The molecular formula is C18H26N2O. The smallest absolute Gasteiger partial charge is 0.228 e. The normalized spacial score (nSPS) is 24.2. The monoisotopic (exact) mass is 286 g/mol. The Bertz CT molecular complexity index is 520. The van der Waals surface area contributed by atoms with Gasteiger partial charge in [0.05, 0.1) is 0 Å². The van der Waals surface area contributed by atoms with Crippen LogP contribution < -0.4 is 10.2 Å². The number of fused-ring (bicyclic) bond motifs is 1. The van der Waals surface area contributed by atoms with Crippen LogP contribution in [0, 0.1) is 5.41 Å². The minimum Gasteiger partial charge on any atom is -0.315 e. The molecule has 0 saturated heterocycles. The van der Waals surface area contributed by atoms with Crippen molar-refractivity contribution in [3.63, 3.8) is 0 Å². The molecule has 21 heavy (non-hydrogen) atoms. The Kier molecular flexibility index (Phi) is 4.03. The highest BCUT2D eigenvalue weighted by Crippen LogP contribution is 2.41. The molecule has 1 aromatic carbocycles. The predicted octanol–water partition coefficient (Wildman–Crippen LogP) is 3.65. The van der Waals surface area contributed by atoms with Crippen molar-refractivity contribution in [2.45, 2.75) is 51.5 Å². The van der Waals surface area contributed by atoms with E-state index in [0.717, 1.165) is 12.2 Å². The van der Waals surface area contributed by atoms with Crippen molar-refractivity contribution < 1.29 is 4.79 Å². The van der Waals surface area contributed by atoms with E-state index in [1.165, 1.54) is 37.7 Å². The number of benzene rings is 1. The molecule has 0 aromatic heterocycles. The molecule has 1 N–H and O–H groups in total. The van der Waals surface area contributed by atoms with E-state index < -0.39 is 0 Å². The molecule has 1 amide bonds. The van der Waals surface area contributed by atoms with Gasteiger partial charge in [0.25, 0.3) is 0 Å². The minimum absolute atomic E-state index is 0.175. The maximum atomic E-state index is 12.2. The lowest BCUT2D eigenvalue weighted by Crippen LogP contribution is -2.41. The van der Waals surface area contributed by atoms with Gasteiger partial charge in [-0.2, -0.15) is 0 Å². The molecule has 1 aliphatic heterocycles. The van der Waals surface area contributed by atoms with Crippen LogP contribution in [0.15, 0.2) is 24.3 Å². The topological polar surface area (TPSA) is 32.3 Å². The summed E-state index contributed by atoms with van der Waals surface area (Å²) in [5.74, 6) is 0.211. The Morgan fingerprint density at radius 1 is 1.29 bits per heavy atom. The quantitative estimate of drug-likeness (QED) is 0.916. The molecule has 3 heteroatoms. The number of amides is 1. The van der Waals surface area contributed by atoms with Crippen LogP contribution in [0.25, 0.3) is 0 Å². The fourth-order valence-electron chi connectivity index (χ4n) is 3.95. The summed E-state index contributed by atoms with van der Waals surface area (Å²) in [7, 11) is 1.88. The van der Waals surface area contributed by atoms with Crippen molar-refractivity contribution in [2.24, 2.45) is 5.41 Å². The summed E-state index contributed by atoms with van der Waals surface area (Å²) in [6.45, 7) is 3.35. The number of hydrogen-bond acceptors (Lipinski definition) is 2. The standard InChI is InChI=1S/C18H26N2O/c1-3-18(10-6-7-11-18)13-19-15-12-17(21)20(2)16-9-5-4-8-14(15)16/h4-5,8-9,15,19H,3,6-7,10-13H2,1-2H3. The third-order valence-electron chi connectivity index (χ3n) is 5.56. The van der Waals surface area contributed by atoms with Gasteiger partial charge in [0.1, 0.15) is 0 Å². The Morgan fingerprint density at radius 3 is 2.71 bits per heavy atom. The van der Waals surface area contributed by atoms with Gasteiger partial charge in [0, 0.05) is 31.7 Å². The zero-order chi connectivity index (χ0) is 14.9. The summed E-state index contributed by atoms with van der Waals surface area (Å²) in [5.41, 5.74) is 2.79. The lowest BCUT2D eigenvalue weighted by molar-refractivity contribution is -0.119. The molecule has 1 atom stereocenters. The lowest BCUT2D eigenvalue weighted by atomic mass is 9.82. The first kappa shape index (κ1) is 14.6. The number of carbonyl (C=O) groups is 1. The summed E-state index contributed by atoms with van der Waals surface area (Å²) < 4.78 is 0. The van der Waals surface area contributed by atoms with Gasteiger partial charge >= 0.3 is 0 Å². The van der Waals surface area contributed by atoms with Gasteiger partial charge in [0.2, 0.25) is 5.91 Å². The van der Waals surface area contributed by atoms with Crippen molar-refractivity contribution in [2.75, 3.05) is 18.5 Å². The van der Waals surface area contributed by atoms with E-state index in [1.54, 1.807) is 4.90 Å². The largest absolute Gasteiger partial charge is 0.315 e. The maximum absolute atomic E-state index is 12.2. The second-order valence-corrected chi connectivity index (χ2v) is 6.71. The third-order valence-corrected chi connectivity index (χ3v) is 5.56. The lowest BCUT2D eigenvalue weighted by Gasteiger charge is -2.35. The van der Waals surface area contributed by atoms with Crippen LogP contribution in [0.5, 0.6) is 0 Å². The first-order valence-electron chi connectivity index (χ1n) is 8.24. The van der Waals surface area contributed by atoms with Crippen molar-refractivity contribution in [1.29, 1.82) is 0 Å². The van der Waals surface area contributed by atoms with Crippen LogP contribution >= 0.6 is 0 Å². The van der Waals surface area contributed by atoms with Crippen molar-refractivity contribution in [3.05, 3.63) is 29.8 Å². The molecule has 2 aliphatic rings. The van der Waals surface area contributed by atoms with Gasteiger partial charge in [-0.3, -0.25) is 4.79 Å². The predicted molar refractivity (Wildman–Crippen MR) is 86.4 cm³/mol. The van der Waals surface area contributed by atoms with E-state index in [2.05, 4.69) is 24.4 Å². The second-order valence-electron chi connectivity index (χ2n) is 6.71. The average molecular weight is 286 g/mol. The van der Waals surface area contributed by atoms with Crippen molar-refractivity contribution in [1.82, 2.24) is 5.32 Å². The van der Waals surface area contributed by atoms with Crippen LogP contribution in [-0.2, 0) is 4.79 Å². The van der Waals surface area contributed by atoms with Crippen molar-refractivity contribution in [3.8, 4) is 0 Å². The Labute approximate surface area is 127 Å². The molecule has 0 radical (unpaired) electrons. The molecule has 1 aliphatic carbocycles. The van der Waals surface area contributed by atoms with Crippen LogP contribution in [0.4, 0.5) is 5.69 Å². The highest BCUT2D eigenvalue weighted by atomic mass is 16.2. The van der Waals surface area contributed by atoms with E-state index in [-0.39, 0.29) is 11.9 Å². The molecule has 0 bridgehead atoms. The van der Waals surface area contributed by atoms with Gasteiger partial charge in [-0.25, -0.2) is 0 Å². The van der Waals surface area contributed by atoms with Crippen molar-refractivity contribution >= 4 is 11.6 Å². The fraction of sp³-hybridized carbons (Fsp3) is 0.611. The van der Waals surface area contributed by atoms with Gasteiger partial charge in [0.15, 0.2) is 0 Å². The van der Waals surface area contributed by atoms with Crippen LogP contribution in [-0.4, -0.2) is 19.5 Å². The van der Waals surface area contributed by atoms with Crippen LogP contribution in [0.3, 0.4) is 0 Å². The summed E-state index contributed by atoms with van der Waals surface area (Å²) in [6.07, 6.45) is 7.20. The summed E-state index contributed by atoms with van der Waals surface area (Å²) in [6, 6.07) is 8.46. The highest BCUT2D eigenvalue weighted by molar-refractivity contribution is 5.96. The van der Waals surface area contributed by atoms with Crippen LogP contribution in [0.1, 0.15) is 57.1 Å². The minimum atomic E-state index is 0.175. The molecule has 114 valence electrons. The molecule has 1 unspecified atom stereocenters. The summed E-state index contributed by atoms with van der Waals surface area (Å²) >= 11 is 0. The summed E-state index contributed by atoms with van der Waals surface area (Å²) in [4.78, 5) is 14.0. The van der Waals surface area contributed by atoms with Gasteiger partial charge in [-0.15, -0.1) is 0 Å².